The van der Waals surface area contributed by atoms with Crippen LogP contribution in [0, 0.1) is 0 Å². The van der Waals surface area contributed by atoms with Crippen molar-refractivity contribution in [3.63, 3.8) is 0 Å². The van der Waals surface area contributed by atoms with E-state index in [0.29, 0.717) is 52.1 Å². The maximum atomic E-state index is 13.4. The number of ether oxygens (including phenoxy) is 6. The number of para-hydroxylation sites is 1. The van der Waals surface area contributed by atoms with Gasteiger partial charge in [0.05, 0.1) is 52.3 Å². The van der Waals surface area contributed by atoms with Crippen LogP contribution in [0.5, 0.6) is 34.5 Å². The van der Waals surface area contributed by atoms with Crippen LogP contribution in [0.2, 0.25) is 0 Å². The zero-order valence-electron chi connectivity index (χ0n) is 26.0. The van der Waals surface area contributed by atoms with Gasteiger partial charge in [-0.15, -0.1) is 0 Å². The molecule has 236 valence electrons. The Bertz CT molecular complexity index is 1870. The lowest BCUT2D eigenvalue weighted by molar-refractivity contribution is 0.0727. The second-order valence-electron chi connectivity index (χ2n) is 9.77. The minimum absolute atomic E-state index is 0.190. The van der Waals surface area contributed by atoms with E-state index in [2.05, 4.69) is 15.5 Å². The van der Waals surface area contributed by atoms with Crippen LogP contribution >= 0.6 is 0 Å². The van der Waals surface area contributed by atoms with Gasteiger partial charge in [0.2, 0.25) is 5.75 Å². The number of amides is 1. The number of fused-ring (bicyclic) bond motifs is 1. The summed E-state index contributed by atoms with van der Waals surface area (Å²) in [5.74, 6) is 1.02. The zero-order chi connectivity index (χ0) is 32.6. The van der Waals surface area contributed by atoms with Gasteiger partial charge in [0.25, 0.3) is 5.91 Å². The van der Waals surface area contributed by atoms with E-state index in [1.54, 1.807) is 25.3 Å². The summed E-state index contributed by atoms with van der Waals surface area (Å²) >= 11 is 0. The molecule has 5 aromatic rings. The molecule has 2 N–H and O–H groups in total. The van der Waals surface area contributed by atoms with Crippen molar-refractivity contribution in [2.45, 2.75) is 6.92 Å². The molecule has 1 heterocycles. The van der Waals surface area contributed by atoms with Crippen molar-refractivity contribution in [2.75, 3.05) is 35.0 Å². The Morgan fingerprint density at radius 3 is 2.15 bits per heavy atom. The van der Waals surface area contributed by atoms with E-state index >= 15 is 0 Å². The SMILES string of the molecule is CCOc1cc(C=NNC(=O)c2[nH]c3c(OC)cccc3c2-c2ccccc2)ccc1OC(=O)c1cc(OC)c(OC)c(OC)c1. The number of H-pyrrole nitrogens is 1. The van der Waals surface area contributed by atoms with Gasteiger partial charge in [-0.2, -0.15) is 5.10 Å². The molecule has 1 aromatic heterocycles. The molecule has 5 rings (SSSR count). The number of carbonyl (C=O) groups excluding carboxylic acids is 2. The normalized spacial score (nSPS) is 10.9. The Labute approximate surface area is 265 Å². The summed E-state index contributed by atoms with van der Waals surface area (Å²) in [7, 11) is 5.98. The standard InChI is InChI=1S/C35H33N3O8/c1-6-45-27-17-21(15-16-25(27)46-35(40)23-18-28(42-3)33(44-5)29(19-23)43-4)20-36-38-34(39)32-30(22-11-8-7-9-12-22)24-13-10-14-26(41-2)31(24)37-32/h7-20,37H,6H2,1-5H3,(H,38,39). The lowest BCUT2D eigenvalue weighted by Crippen LogP contribution is -2.19. The van der Waals surface area contributed by atoms with Crippen LogP contribution in [0.1, 0.15) is 33.3 Å². The van der Waals surface area contributed by atoms with E-state index in [1.165, 1.54) is 39.7 Å². The highest BCUT2D eigenvalue weighted by Gasteiger charge is 2.22. The first-order valence-electron chi connectivity index (χ1n) is 14.3. The summed E-state index contributed by atoms with van der Waals surface area (Å²) in [6.45, 7) is 2.13. The predicted molar refractivity (Wildman–Crippen MR) is 174 cm³/mol. The van der Waals surface area contributed by atoms with Gasteiger partial charge >= 0.3 is 5.97 Å². The molecular formula is C35H33N3O8. The van der Waals surface area contributed by atoms with Crippen LogP contribution in [-0.4, -0.2) is 58.1 Å². The summed E-state index contributed by atoms with van der Waals surface area (Å²) < 4.78 is 33.0. The van der Waals surface area contributed by atoms with Crippen LogP contribution in [0.4, 0.5) is 0 Å². The summed E-state index contributed by atoms with van der Waals surface area (Å²) in [6.07, 6.45) is 1.47. The Hall–Kier alpha value is -5.97. The van der Waals surface area contributed by atoms with Gasteiger partial charge in [-0.25, -0.2) is 10.2 Å². The zero-order valence-corrected chi connectivity index (χ0v) is 26.0. The number of aromatic nitrogens is 1. The third kappa shape index (κ3) is 6.43. The molecule has 0 radical (unpaired) electrons. The summed E-state index contributed by atoms with van der Waals surface area (Å²) in [5.41, 5.74) is 6.04. The number of hydrazone groups is 1. The van der Waals surface area contributed by atoms with Crippen LogP contribution < -0.4 is 33.8 Å². The summed E-state index contributed by atoms with van der Waals surface area (Å²) in [6, 6.07) is 23.2. The first-order valence-corrected chi connectivity index (χ1v) is 14.3. The second-order valence-corrected chi connectivity index (χ2v) is 9.77. The van der Waals surface area contributed by atoms with Gasteiger partial charge in [0.1, 0.15) is 11.4 Å². The third-order valence-corrected chi connectivity index (χ3v) is 7.06. The number of hydrogen-bond donors (Lipinski definition) is 2. The average Bonchev–Trinajstić information content (AvgIpc) is 3.49. The lowest BCUT2D eigenvalue weighted by atomic mass is 10.0. The summed E-state index contributed by atoms with van der Waals surface area (Å²) in [5, 5.41) is 5.03. The second kappa shape index (κ2) is 14.2. The van der Waals surface area contributed by atoms with Crippen LogP contribution in [-0.2, 0) is 0 Å². The van der Waals surface area contributed by atoms with E-state index in [-0.39, 0.29) is 11.3 Å². The van der Waals surface area contributed by atoms with Gasteiger partial charge in [-0.3, -0.25) is 4.79 Å². The Balaban J connectivity index is 1.37. The van der Waals surface area contributed by atoms with Gasteiger partial charge in [0.15, 0.2) is 23.0 Å². The maximum Gasteiger partial charge on any atom is 0.343 e. The molecule has 11 nitrogen and oxygen atoms in total. The van der Waals surface area contributed by atoms with E-state index < -0.39 is 11.9 Å². The molecule has 0 unspecified atom stereocenters. The molecule has 0 saturated heterocycles. The van der Waals surface area contributed by atoms with Gasteiger partial charge in [-0.05, 0) is 54.4 Å². The minimum atomic E-state index is -0.655. The number of rotatable bonds is 12. The van der Waals surface area contributed by atoms with Gasteiger partial charge < -0.3 is 33.4 Å². The molecule has 0 spiro atoms. The van der Waals surface area contributed by atoms with Crippen molar-refractivity contribution >= 4 is 29.0 Å². The average molecular weight is 624 g/mol. The molecule has 0 aliphatic rings. The first-order chi connectivity index (χ1) is 22.4. The Morgan fingerprint density at radius 2 is 1.50 bits per heavy atom. The van der Waals surface area contributed by atoms with Crippen molar-refractivity contribution in [2.24, 2.45) is 5.10 Å². The number of nitrogens with one attached hydrogen (secondary N) is 2. The first kappa shape index (κ1) is 31.5. The van der Waals surface area contributed by atoms with E-state index in [0.717, 1.165) is 16.5 Å². The number of hydrogen-bond acceptors (Lipinski definition) is 9. The fraction of sp³-hybridized carbons (Fsp3) is 0.171. The molecular weight excluding hydrogens is 590 g/mol. The van der Waals surface area contributed by atoms with E-state index in [4.69, 9.17) is 28.4 Å². The smallest absolute Gasteiger partial charge is 0.343 e. The molecule has 0 bridgehead atoms. The molecule has 4 aromatic carbocycles. The fourth-order valence-electron chi connectivity index (χ4n) is 4.97. The molecule has 0 aliphatic heterocycles. The monoisotopic (exact) mass is 623 g/mol. The lowest BCUT2D eigenvalue weighted by Gasteiger charge is -2.15. The van der Waals surface area contributed by atoms with E-state index in [1.807, 2.05) is 55.5 Å². The van der Waals surface area contributed by atoms with Crippen LogP contribution in [0.3, 0.4) is 0 Å². The highest BCUT2D eigenvalue weighted by Crippen LogP contribution is 2.39. The highest BCUT2D eigenvalue weighted by molar-refractivity contribution is 6.11. The highest BCUT2D eigenvalue weighted by atomic mass is 16.6. The topological polar surface area (TPSA) is 130 Å². The Kier molecular flexibility index (Phi) is 9.72. The number of nitrogens with zero attached hydrogens (tertiary/aromatic N) is 1. The van der Waals surface area contributed by atoms with Gasteiger partial charge in [0, 0.05) is 10.9 Å². The predicted octanol–water partition coefficient (Wildman–Crippen LogP) is 6.25. The Morgan fingerprint density at radius 1 is 0.783 bits per heavy atom. The number of carbonyl (C=O) groups is 2. The number of aromatic amines is 1. The van der Waals surface area contributed by atoms with E-state index in [9.17, 15) is 9.59 Å². The molecule has 0 saturated carbocycles. The third-order valence-electron chi connectivity index (χ3n) is 7.06. The van der Waals surface area contributed by atoms with Crippen LogP contribution in [0.15, 0.2) is 84.0 Å². The minimum Gasteiger partial charge on any atom is -0.495 e. The number of esters is 1. The van der Waals surface area contributed by atoms with Crippen molar-refractivity contribution in [1.82, 2.24) is 10.4 Å². The van der Waals surface area contributed by atoms with Gasteiger partial charge in [-0.1, -0.05) is 42.5 Å². The number of benzene rings is 4. The van der Waals surface area contributed by atoms with Crippen LogP contribution in [0.25, 0.3) is 22.0 Å². The number of methoxy groups -OCH3 is 4. The molecule has 1 amide bonds. The van der Waals surface area contributed by atoms with Crippen molar-refractivity contribution in [1.29, 1.82) is 0 Å². The quantitative estimate of drug-likeness (QED) is 0.0722. The molecule has 11 heteroatoms. The van der Waals surface area contributed by atoms with Crippen molar-refractivity contribution in [3.8, 4) is 45.6 Å². The molecule has 46 heavy (non-hydrogen) atoms. The fourth-order valence-corrected chi connectivity index (χ4v) is 4.97. The molecule has 0 atom stereocenters. The summed E-state index contributed by atoms with van der Waals surface area (Å²) in [4.78, 5) is 29.7. The van der Waals surface area contributed by atoms with Crippen molar-refractivity contribution in [3.05, 3.63) is 95.7 Å². The van der Waals surface area contributed by atoms with Crippen molar-refractivity contribution < 1.29 is 38.0 Å². The maximum absolute atomic E-state index is 13.4. The molecule has 0 aliphatic carbocycles. The molecule has 0 fully saturated rings. The largest absolute Gasteiger partial charge is 0.495 e.